The zero-order chi connectivity index (χ0) is 14.2. The first kappa shape index (κ1) is 13.3. The summed E-state index contributed by atoms with van der Waals surface area (Å²) in [7, 11) is 0. The first-order chi connectivity index (χ1) is 8.80. The molecule has 19 heavy (non-hydrogen) atoms. The molecule has 0 unspecified atom stereocenters. The number of fused-ring (bicyclic) bond motifs is 1. The number of amides is 1. The number of aromatic nitrogens is 2. The van der Waals surface area contributed by atoms with Crippen molar-refractivity contribution < 1.29 is 4.79 Å². The van der Waals surface area contributed by atoms with Crippen LogP contribution in [-0.4, -0.2) is 15.3 Å². The summed E-state index contributed by atoms with van der Waals surface area (Å²) in [6.07, 6.45) is 1.64. The molecule has 5 nitrogen and oxygen atoms in total. The van der Waals surface area contributed by atoms with Gasteiger partial charge in [-0.05, 0) is 19.1 Å². The molecule has 0 aliphatic heterocycles. The maximum absolute atomic E-state index is 12.3. The molecule has 0 spiro atoms. The third kappa shape index (κ3) is 2.50. The molecular weight excluding hydrogens is 242 g/mol. The number of hydrogen-bond acceptors (Lipinski definition) is 3. The van der Waals surface area contributed by atoms with Gasteiger partial charge in [-0.15, -0.1) is 0 Å². The first-order valence-corrected chi connectivity index (χ1v) is 6.10. The van der Waals surface area contributed by atoms with Crippen molar-refractivity contribution in [3.63, 3.8) is 0 Å². The molecule has 2 rings (SSSR count). The van der Waals surface area contributed by atoms with Crippen molar-refractivity contribution in [2.75, 3.05) is 5.32 Å². The van der Waals surface area contributed by atoms with Gasteiger partial charge in [-0.25, -0.2) is 4.98 Å². The summed E-state index contributed by atoms with van der Waals surface area (Å²) in [5, 5.41) is 2.68. The van der Waals surface area contributed by atoms with E-state index in [4.69, 9.17) is 0 Å². The number of anilines is 1. The summed E-state index contributed by atoms with van der Waals surface area (Å²) < 4.78 is 1.42. The van der Waals surface area contributed by atoms with Crippen LogP contribution in [0.4, 0.5) is 5.69 Å². The Bertz CT molecular complexity index is 696. The smallest absolute Gasteiger partial charge is 0.281 e. The maximum atomic E-state index is 12.3. The zero-order valence-corrected chi connectivity index (χ0v) is 11.5. The van der Waals surface area contributed by atoms with Gasteiger partial charge >= 0.3 is 0 Å². The molecule has 0 saturated heterocycles. The van der Waals surface area contributed by atoms with E-state index >= 15 is 0 Å². The van der Waals surface area contributed by atoms with Crippen LogP contribution in [-0.2, 0) is 4.79 Å². The average molecular weight is 259 g/mol. The Morgan fingerprint density at radius 3 is 2.63 bits per heavy atom. The van der Waals surface area contributed by atoms with Gasteiger partial charge in [0, 0.05) is 11.6 Å². The van der Waals surface area contributed by atoms with Crippen molar-refractivity contribution >= 4 is 17.2 Å². The van der Waals surface area contributed by atoms with Crippen LogP contribution in [0.5, 0.6) is 0 Å². The summed E-state index contributed by atoms with van der Waals surface area (Å²) >= 11 is 0. The Morgan fingerprint density at radius 1 is 1.32 bits per heavy atom. The highest BCUT2D eigenvalue weighted by atomic mass is 16.2. The van der Waals surface area contributed by atoms with Crippen molar-refractivity contribution in [3.05, 3.63) is 40.4 Å². The predicted molar refractivity (Wildman–Crippen MR) is 74.3 cm³/mol. The average Bonchev–Trinajstić information content (AvgIpc) is 2.33. The van der Waals surface area contributed by atoms with Gasteiger partial charge in [-0.3, -0.25) is 14.0 Å². The van der Waals surface area contributed by atoms with Crippen LogP contribution in [0, 0.1) is 12.3 Å². The molecule has 0 radical (unpaired) electrons. The van der Waals surface area contributed by atoms with Gasteiger partial charge in [0.2, 0.25) is 5.91 Å². The highest BCUT2D eigenvalue weighted by Gasteiger charge is 2.23. The van der Waals surface area contributed by atoms with Crippen molar-refractivity contribution in [3.8, 4) is 0 Å². The van der Waals surface area contributed by atoms with Gasteiger partial charge in [0.15, 0.2) is 0 Å². The van der Waals surface area contributed by atoms with E-state index in [1.807, 2.05) is 6.07 Å². The molecular formula is C14H17N3O2. The van der Waals surface area contributed by atoms with Crippen LogP contribution in [0.15, 0.2) is 29.2 Å². The second kappa shape index (κ2) is 4.50. The van der Waals surface area contributed by atoms with E-state index in [-0.39, 0.29) is 17.2 Å². The second-order valence-corrected chi connectivity index (χ2v) is 5.51. The Morgan fingerprint density at radius 2 is 2.00 bits per heavy atom. The third-order valence-corrected chi connectivity index (χ3v) is 2.83. The molecule has 2 aromatic heterocycles. The molecule has 0 atom stereocenters. The Hall–Kier alpha value is -2.17. The Kier molecular flexibility index (Phi) is 3.14. The molecule has 5 heteroatoms. The molecule has 0 aromatic carbocycles. The molecule has 0 aliphatic carbocycles. The SMILES string of the molecule is Cc1nc2ccccn2c(=O)c1NC(=O)C(C)(C)C. The van der Waals surface area contributed by atoms with Gasteiger partial charge in [0.25, 0.3) is 5.56 Å². The quantitative estimate of drug-likeness (QED) is 0.851. The summed E-state index contributed by atoms with van der Waals surface area (Å²) in [4.78, 5) is 28.6. The van der Waals surface area contributed by atoms with Crippen molar-refractivity contribution in [1.82, 2.24) is 9.38 Å². The standard InChI is InChI=1S/C14H17N3O2/c1-9-11(16-13(19)14(2,3)4)12(18)17-8-6-5-7-10(17)15-9/h5-8H,1-4H3,(H,16,19). The minimum Gasteiger partial charge on any atom is -0.320 e. The fourth-order valence-electron chi connectivity index (χ4n) is 1.64. The fourth-order valence-corrected chi connectivity index (χ4v) is 1.64. The van der Waals surface area contributed by atoms with Crippen LogP contribution in [0.1, 0.15) is 26.5 Å². The highest BCUT2D eigenvalue weighted by Crippen LogP contribution is 2.17. The van der Waals surface area contributed by atoms with Gasteiger partial charge < -0.3 is 5.32 Å². The molecule has 2 heterocycles. The minimum atomic E-state index is -0.560. The number of pyridine rings is 1. The Balaban J connectivity index is 2.56. The van der Waals surface area contributed by atoms with E-state index in [0.717, 1.165) is 0 Å². The number of hydrogen-bond donors (Lipinski definition) is 1. The second-order valence-electron chi connectivity index (χ2n) is 5.51. The Labute approximate surface area is 111 Å². The molecule has 0 aliphatic rings. The predicted octanol–water partition coefficient (Wildman–Crippen LogP) is 1.99. The molecule has 100 valence electrons. The number of nitrogens with zero attached hydrogens (tertiary/aromatic N) is 2. The van der Waals surface area contributed by atoms with Crippen molar-refractivity contribution in [2.45, 2.75) is 27.7 Å². The molecule has 1 amide bonds. The number of nitrogens with one attached hydrogen (secondary N) is 1. The topological polar surface area (TPSA) is 63.5 Å². The third-order valence-electron chi connectivity index (χ3n) is 2.83. The van der Waals surface area contributed by atoms with E-state index in [0.29, 0.717) is 11.3 Å². The normalized spacial score (nSPS) is 11.6. The molecule has 0 fully saturated rings. The van der Waals surface area contributed by atoms with Crippen LogP contribution < -0.4 is 10.9 Å². The monoisotopic (exact) mass is 259 g/mol. The van der Waals surface area contributed by atoms with Crippen molar-refractivity contribution in [2.24, 2.45) is 5.41 Å². The van der Waals surface area contributed by atoms with Gasteiger partial charge in [-0.1, -0.05) is 26.8 Å². The van der Waals surface area contributed by atoms with E-state index < -0.39 is 5.41 Å². The maximum Gasteiger partial charge on any atom is 0.281 e. The largest absolute Gasteiger partial charge is 0.320 e. The lowest BCUT2D eigenvalue weighted by molar-refractivity contribution is -0.123. The molecule has 2 aromatic rings. The van der Waals surface area contributed by atoms with Crippen LogP contribution in [0.2, 0.25) is 0 Å². The van der Waals surface area contributed by atoms with E-state index in [1.165, 1.54) is 4.40 Å². The van der Waals surface area contributed by atoms with Gasteiger partial charge in [-0.2, -0.15) is 0 Å². The van der Waals surface area contributed by atoms with Crippen LogP contribution in [0.3, 0.4) is 0 Å². The minimum absolute atomic E-state index is 0.203. The lowest BCUT2D eigenvalue weighted by Crippen LogP contribution is -2.32. The number of aryl methyl sites for hydroxylation is 1. The summed E-state index contributed by atoms with van der Waals surface area (Å²) in [5.74, 6) is -0.203. The fraction of sp³-hybridized carbons (Fsp3) is 0.357. The van der Waals surface area contributed by atoms with Crippen LogP contribution >= 0.6 is 0 Å². The molecule has 0 saturated carbocycles. The lowest BCUT2D eigenvalue weighted by Gasteiger charge is -2.18. The number of carbonyl (C=O) groups excluding carboxylic acids is 1. The van der Waals surface area contributed by atoms with E-state index in [1.54, 1.807) is 46.0 Å². The summed E-state index contributed by atoms with van der Waals surface area (Å²) in [6, 6.07) is 5.32. The van der Waals surface area contributed by atoms with E-state index in [9.17, 15) is 9.59 Å². The molecule has 1 N–H and O–H groups in total. The van der Waals surface area contributed by atoms with Crippen molar-refractivity contribution in [1.29, 1.82) is 0 Å². The van der Waals surface area contributed by atoms with Crippen LogP contribution in [0.25, 0.3) is 5.65 Å². The summed E-state index contributed by atoms with van der Waals surface area (Å²) in [5.41, 5.74) is 0.506. The zero-order valence-electron chi connectivity index (χ0n) is 11.5. The number of carbonyl (C=O) groups is 1. The van der Waals surface area contributed by atoms with Gasteiger partial charge in [0.05, 0.1) is 5.69 Å². The highest BCUT2D eigenvalue weighted by molar-refractivity contribution is 5.94. The first-order valence-electron chi connectivity index (χ1n) is 6.10. The summed E-state index contributed by atoms with van der Waals surface area (Å²) in [6.45, 7) is 7.10. The number of rotatable bonds is 1. The lowest BCUT2D eigenvalue weighted by atomic mass is 9.95. The van der Waals surface area contributed by atoms with Gasteiger partial charge in [0.1, 0.15) is 11.3 Å². The van der Waals surface area contributed by atoms with E-state index in [2.05, 4.69) is 10.3 Å². The molecule has 0 bridgehead atoms.